The van der Waals surface area contributed by atoms with Gasteiger partial charge >= 0.3 is 0 Å². The zero-order valence-corrected chi connectivity index (χ0v) is 17.7. The van der Waals surface area contributed by atoms with Crippen LogP contribution in [-0.2, 0) is 11.3 Å². The number of hydrogen-bond acceptors (Lipinski definition) is 5. The van der Waals surface area contributed by atoms with E-state index in [9.17, 15) is 9.59 Å². The number of furan rings is 1. The molecule has 0 radical (unpaired) electrons. The third-order valence-electron chi connectivity index (χ3n) is 4.32. The van der Waals surface area contributed by atoms with Crippen LogP contribution in [0.3, 0.4) is 0 Å². The summed E-state index contributed by atoms with van der Waals surface area (Å²) in [5, 5.41) is 8.67. The molecule has 1 aromatic heterocycles. The highest BCUT2D eigenvalue weighted by Gasteiger charge is 2.07. The number of amides is 2. The number of nitrogens with one attached hydrogen (secondary N) is 3. The van der Waals surface area contributed by atoms with E-state index >= 15 is 0 Å². The van der Waals surface area contributed by atoms with Crippen molar-refractivity contribution in [3.8, 4) is 5.75 Å². The van der Waals surface area contributed by atoms with Gasteiger partial charge in [0, 0.05) is 16.9 Å². The summed E-state index contributed by atoms with van der Waals surface area (Å²) in [5.41, 5.74) is 1.98. The van der Waals surface area contributed by atoms with Gasteiger partial charge in [-0.3, -0.25) is 9.59 Å². The lowest BCUT2D eigenvalue weighted by Crippen LogP contribution is -2.23. The molecule has 1 heterocycles. The summed E-state index contributed by atoms with van der Waals surface area (Å²) in [7, 11) is 0. The number of rotatable bonds is 10. The van der Waals surface area contributed by atoms with E-state index in [0.717, 1.165) is 11.4 Å². The molecule has 3 aromatic rings. The lowest BCUT2D eigenvalue weighted by atomic mass is 10.2. The molecule has 7 nitrogen and oxygen atoms in total. The lowest BCUT2D eigenvalue weighted by molar-refractivity contribution is -0.114. The molecule has 7 heteroatoms. The molecule has 0 unspecified atom stereocenters. The minimum absolute atomic E-state index is 0.107. The van der Waals surface area contributed by atoms with Gasteiger partial charge in [0.2, 0.25) is 5.91 Å². The maximum atomic E-state index is 12.2. The van der Waals surface area contributed by atoms with Crippen LogP contribution in [0.25, 0.3) is 0 Å². The van der Waals surface area contributed by atoms with E-state index in [-0.39, 0.29) is 18.4 Å². The van der Waals surface area contributed by atoms with Gasteiger partial charge < -0.3 is 25.1 Å². The SMILES string of the molecule is CC(C)COc1ccc(NC(=O)CNc2ccc(C(=O)NCc3ccco3)cc2)cc1. The zero-order valence-electron chi connectivity index (χ0n) is 17.7. The summed E-state index contributed by atoms with van der Waals surface area (Å²) < 4.78 is 10.8. The first-order chi connectivity index (χ1) is 15.0. The molecule has 31 heavy (non-hydrogen) atoms. The maximum absolute atomic E-state index is 12.2. The van der Waals surface area contributed by atoms with Crippen LogP contribution in [0.5, 0.6) is 5.75 Å². The number of benzene rings is 2. The van der Waals surface area contributed by atoms with Crippen molar-refractivity contribution in [1.82, 2.24) is 5.32 Å². The Labute approximate surface area is 181 Å². The van der Waals surface area contributed by atoms with Crippen molar-refractivity contribution in [2.75, 3.05) is 23.8 Å². The van der Waals surface area contributed by atoms with Crippen molar-refractivity contribution in [1.29, 1.82) is 0 Å². The number of carbonyl (C=O) groups excluding carboxylic acids is 2. The molecule has 3 N–H and O–H groups in total. The lowest BCUT2D eigenvalue weighted by Gasteiger charge is -2.11. The molecule has 0 bridgehead atoms. The summed E-state index contributed by atoms with van der Waals surface area (Å²) in [6, 6.07) is 17.8. The van der Waals surface area contributed by atoms with Gasteiger partial charge in [0.05, 0.1) is 26.0 Å². The van der Waals surface area contributed by atoms with Crippen molar-refractivity contribution in [3.63, 3.8) is 0 Å². The highest BCUT2D eigenvalue weighted by atomic mass is 16.5. The van der Waals surface area contributed by atoms with E-state index in [2.05, 4.69) is 29.8 Å². The molecule has 0 saturated heterocycles. The predicted octanol–water partition coefficient (Wildman–Crippen LogP) is 4.30. The number of anilines is 2. The Morgan fingerprint density at radius 1 is 0.968 bits per heavy atom. The molecule has 2 aromatic carbocycles. The van der Waals surface area contributed by atoms with Gasteiger partial charge in [0.25, 0.3) is 5.91 Å². The van der Waals surface area contributed by atoms with Crippen LogP contribution in [0.1, 0.15) is 30.0 Å². The largest absolute Gasteiger partial charge is 0.493 e. The van der Waals surface area contributed by atoms with E-state index in [1.54, 1.807) is 42.7 Å². The minimum atomic E-state index is -0.193. The number of carbonyl (C=O) groups is 2. The third-order valence-corrected chi connectivity index (χ3v) is 4.32. The van der Waals surface area contributed by atoms with Crippen LogP contribution in [0.15, 0.2) is 71.3 Å². The van der Waals surface area contributed by atoms with Crippen LogP contribution < -0.4 is 20.7 Å². The minimum Gasteiger partial charge on any atom is -0.493 e. The topological polar surface area (TPSA) is 92.6 Å². The van der Waals surface area contributed by atoms with E-state index in [4.69, 9.17) is 9.15 Å². The Balaban J connectivity index is 1.42. The molecule has 3 rings (SSSR count). The molecule has 0 spiro atoms. The van der Waals surface area contributed by atoms with Gasteiger partial charge in [0.1, 0.15) is 11.5 Å². The molecule has 0 aliphatic rings. The van der Waals surface area contributed by atoms with E-state index < -0.39 is 0 Å². The molecule has 162 valence electrons. The van der Waals surface area contributed by atoms with Crippen LogP contribution >= 0.6 is 0 Å². The molecular formula is C24H27N3O4. The van der Waals surface area contributed by atoms with Crippen molar-refractivity contribution in [3.05, 3.63) is 78.3 Å². The molecule has 0 fully saturated rings. The predicted molar refractivity (Wildman–Crippen MR) is 120 cm³/mol. The van der Waals surface area contributed by atoms with Gasteiger partial charge in [-0.05, 0) is 66.6 Å². The van der Waals surface area contributed by atoms with Crippen molar-refractivity contribution in [2.45, 2.75) is 20.4 Å². The fraction of sp³-hybridized carbons (Fsp3) is 0.250. The van der Waals surface area contributed by atoms with Gasteiger partial charge in [0.15, 0.2) is 0 Å². The molecule has 2 amide bonds. The monoisotopic (exact) mass is 421 g/mol. The van der Waals surface area contributed by atoms with Crippen molar-refractivity contribution in [2.24, 2.45) is 5.92 Å². The standard InChI is InChI=1S/C24H27N3O4/c1-17(2)16-31-21-11-9-20(10-12-21)27-23(28)15-25-19-7-5-18(6-8-19)24(29)26-14-22-4-3-13-30-22/h3-13,17,25H,14-16H2,1-2H3,(H,26,29)(H,27,28). The molecule has 0 aliphatic heterocycles. The summed E-state index contributed by atoms with van der Waals surface area (Å²) in [6.07, 6.45) is 1.57. The van der Waals surface area contributed by atoms with Crippen LogP contribution in [-0.4, -0.2) is 25.0 Å². The van der Waals surface area contributed by atoms with Gasteiger partial charge in [-0.1, -0.05) is 13.8 Å². The van der Waals surface area contributed by atoms with Crippen LogP contribution in [0, 0.1) is 5.92 Å². The Kier molecular flexibility index (Phi) is 7.70. The number of ether oxygens (including phenoxy) is 1. The second kappa shape index (κ2) is 10.9. The van der Waals surface area contributed by atoms with E-state index in [0.29, 0.717) is 36.1 Å². The molecule has 0 saturated carbocycles. The molecule has 0 atom stereocenters. The van der Waals surface area contributed by atoms with E-state index in [1.165, 1.54) is 0 Å². The number of hydrogen-bond donors (Lipinski definition) is 3. The first kappa shape index (κ1) is 22.0. The molecular weight excluding hydrogens is 394 g/mol. The fourth-order valence-corrected chi connectivity index (χ4v) is 2.71. The summed E-state index contributed by atoms with van der Waals surface area (Å²) in [4.78, 5) is 24.4. The Bertz CT molecular complexity index is 965. The average Bonchev–Trinajstić information content (AvgIpc) is 3.29. The normalized spacial score (nSPS) is 10.5. The van der Waals surface area contributed by atoms with E-state index in [1.807, 2.05) is 24.3 Å². The quantitative estimate of drug-likeness (QED) is 0.454. The summed E-state index contributed by atoms with van der Waals surface area (Å²) in [6.45, 7) is 5.27. The first-order valence-corrected chi connectivity index (χ1v) is 10.2. The smallest absolute Gasteiger partial charge is 0.251 e. The van der Waals surface area contributed by atoms with Crippen LogP contribution in [0.4, 0.5) is 11.4 Å². The summed E-state index contributed by atoms with van der Waals surface area (Å²) >= 11 is 0. The highest BCUT2D eigenvalue weighted by Crippen LogP contribution is 2.16. The average molecular weight is 421 g/mol. The highest BCUT2D eigenvalue weighted by molar-refractivity contribution is 5.95. The van der Waals surface area contributed by atoms with Gasteiger partial charge in [-0.15, -0.1) is 0 Å². The summed E-state index contributed by atoms with van der Waals surface area (Å²) in [5.74, 6) is 1.56. The Morgan fingerprint density at radius 3 is 2.32 bits per heavy atom. The van der Waals surface area contributed by atoms with Gasteiger partial charge in [-0.2, -0.15) is 0 Å². The van der Waals surface area contributed by atoms with Crippen molar-refractivity contribution < 1.29 is 18.7 Å². The third kappa shape index (κ3) is 7.22. The van der Waals surface area contributed by atoms with Crippen LogP contribution in [0.2, 0.25) is 0 Å². The zero-order chi connectivity index (χ0) is 22.1. The van der Waals surface area contributed by atoms with Crippen molar-refractivity contribution >= 4 is 23.2 Å². The second-order valence-corrected chi connectivity index (χ2v) is 7.47. The maximum Gasteiger partial charge on any atom is 0.251 e. The first-order valence-electron chi connectivity index (χ1n) is 10.2. The Morgan fingerprint density at radius 2 is 1.68 bits per heavy atom. The second-order valence-electron chi connectivity index (χ2n) is 7.47. The molecule has 0 aliphatic carbocycles. The van der Waals surface area contributed by atoms with Gasteiger partial charge in [-0.25, -0.2) is 0 Å². The fourth-order valence-electron chi connectivity index (χ4n) is 2.71. The Hall–Kier alpha value is -3.74.